The molecule has 6 heteroatoms. The average Bonchev–Trinajstić information content (AvgIpc) is 3.01. The second kappa shape index (κ2) is 4.97. The van der Waals surface area contributed by atoms with Crippen molar-refractivity contribution in [2.75, 3.05) is 7.11 Å². The van der Waals surface area contributed by atoms with E-state index in [9.17, 15) is 0 Å². The number of rotatable bonds is 4. The molecule has 0 spiro atoms. The van der Waals surface area contributed by atoms with Crippen molar-refractivity contribution in [1.82, 2.24) is 19.8 Å². The maximum Gasteiger partial charge on any atom is 0.234 e. The molecule has 0 saturated heterocycles. The molecule has 1 aromatic carbocycles. The Hall–Kier alpha value is -1.95. The summed E-state index contributed by atoms with van der Waals surface area (Å²) in [4.78, 5) is 0.835. The predicted molar refractivity (Wildman–Crippen MR) is 74.6 cm³/mol. The van der Waals surface area contributed by atoms with Crippen LogP contribution in [0.25, 0.3) is 15.5 Å². The standard InChI is InChI=1S/C13H14N4OS/c1-3-5-11-14-15-13-17(11)16-12(19-13)9-6-4-7-10(8-9)18-2/h4,6-8H,3,5H2,1-2H3. The van der Waals surface area contributed by atoms with Crippen molar-refractivity contribution in [3.8, 4) is 16.3 Å². The number of methoxy groups -OCH3 is 1. The highest BCUT2D eigenvalue weighted by Crippen LogP contribution is 2.28. The third-order valence-corrected chi connectivity index (χ3v) is 3.79. The van der Waals surface area contributed by atoms with Gasteiger partial charge in [0.25, 0.3) is 0 Å². The quantitative estimate of drug-likeness (QED) is 0.734. The molecule has 3 aromatic rings. The minimum absolute atomic E-state index is 0.831. The van der Waals surface area contributed by atoms with Crippen molar-refractivity contribution in [2.45, 2.75) is 19.8 Å². The number of aryl methyl sites for hydroxylation is 1. The van der Waals surface area contributed by atoms with Crippen molar-refractivity contribution < 1.29 is 4.74 Å². The Morgan fingerprint density at radius 2 is 2.21 bits per heavy atom. The molecule has 0 unspecified atom stereocenters. The van der Waals surface area contributed by atoms with Gasteiger partial charge in [-0.2, -0.15) is 9.61 Å². The van der Waals surface area contributed by atoms with Gasteiger partial charge in [-0.05, 0) is 18.6 Å². The first kappa shape index (κ1) is 12.1. The summed E-state index contributed by atoms with van der Waals surface area (Å²) in [5, 5.41) is 13.8. The van der Waals surface area contributed by atoms with Gasteiger partial charge < -0.3 is 4.74 Å². The number of aromatic nitrogens is 4. The zero-order chi connectivity index (χ0) is 13.2. The zero-order valence-electron chi connectivity index (χ0n) is 10.8. The van der Waals surface area contributed by atoms with Crippen LogP contribution in [0.3, 0.4) is 0 Å². The van der Waals surface area contributed by atoms with E-state index in [1.807, 2.05) is 28.8 Å². The highest BCUT2D eigenvalue weighted by molar-refractivity contribution is 7.19. The molecule has 5 nitrogen and oxygen atoms in total. The molecule has 0 atom stereocenters. The Balaban J connectivity index is 2.04. The fourth-order valence-electron chi connectivity index (χ4n) is 1.91. The molecule has 0 N–H and O–H groups in total. The van der Waals surface area contributed by atoms with E-state index in [4.69, 9.17) is 4.74 Å². The van der Waals surface area contributed by atoms with Crippen molar-refractivity contribution in [3.05, 3.63) is 30.1 Å². The number of ether oxygens (including phenoxy) is 1. The first-order valence-corrected chi connectivity index (χ1v) is 6.99. The molecule has 3 rings (SSSR count). The second-order valence-electron chi connectivity index (χ2n) is 4.20. The lowest BCUT2D eigenvalue weighted by molar-refractivity contribution is 0.415. The molecule has 0 radical (unpaired) electrons. The normalized spacial score (nSPS) is 11.1. The third kappa shape index (κ3) is 2.19. The molecule has 0 aliphatic heterocycles. The van der Waals surface area contributed by atoms with E-state index in [0.717, 1.165) is 39.9 Å². The van der Waals surface area contributed by atoms with Crippen LogP contribution < -0.4 is 4.74 Å². The molecule has 98 valence electrons. The fourth-order valence-corrected chi connectivity index (χ4v) is 2.76. The highest BCUT2D eigenvalue weighted by atomic mass is 32.1. The Morgan fingerprint density at radius 3 is 3.00 bits per heavy atom. The van der Waals surface area contributed by atoms with Gasteiger partial charge in [0.05, 0.1) is 7.11 Å². The molecule has 0 aliphatic carbocycles. The lowest BCUT2D eigenvalue weighted by Gasteiger charge is -2.00. The second-order valence-corrected chi connectivity index (χ2v) is 5.16. The van der Waals surface area contributed by atoms with Crippen LogP contribution in [0.5, 0.6) is 5.75 Å². The summed E-state index contributed by atoms with van der Waals surface area (Å²) in [7, 11) is 1.66. The first-order chi connectivity index (χ1) is 9.31. The van der Waals surface area contributed by atoms with Crippen molar-refractivity contribution in [2.24, 2.45) is 0 Å². The summed E-state index contributed by atoms with van der Waals surface area (Å²) in [5.41, 5.74) is 1.04. The van der Waals surface area contributed by atoms with E-state index in [1.54, 1.807) is 7.11 Å². The summed E-state index contributed by atoms with van der Waals surface area (Å²) < 4.78 is 7.07. The molecule has 0 saturated carbocycles. The van der Waals surface area contributed by atoms with Crippen LogP contribution in [0.1, 0.15) is 19.2 Å². The van der Waals surface area contributed by atoms with Crippen molar-refractivity contribution >= 4 is 16.3 Å². The number of hydrogen-bond donors (Lipinski definition) is 0. The summed E-state index contributed by atoms with van der Waals surface area (Å²) in [6.45, 7) is 2.12. The Kier molecular flexibility index (Phi) is 3.16. The maximum absolute atomic E-state index is 5.24. The number of hydrogen-bond acceptors (Lipinski definition) is 5. The van der Waals surface area contributed by atoms with E-state index >= 15 is 0 Å². The Bertz CT molecular complexity index is 704. The Morgan fingerprint density at radius 1 is 1.32 bits per heavy atom. The minimum atomic E-state index is 0.831. The van der Waals surface area contributed by atoms with Crippen LogP contribution >= 0.6 is 11.3 Å². The molecule has 0 fully saturated rings. The summed E-state index contributed by atoms with van der Waals surface area (Å²) in [6, 6.07) is 7.88. The molecule has 2 heterocycles. The maximum atomic E-state index is 5.24. The van der Waals surface area contributed by atoms with E-state index in [1.165, 1.54) is 11.3 Å². The van der Waals surface area contributed by atoms with E-state index in [0.29, 0.717) is 0 Å². The predicted octanol–water partition coefficient (Wildman–Crippen LogP) is 2.81. The highest BCUT2D eigenvalue weighted by Gasteiger charge is 2.12. The minimum Gasteiger partial charge on any atom is -0.497 e. The largest absolute Gasteiger partial charge is 0.497 e. The average molecular weight is 274 g/mol. The van der Waals surface area contributed by atoms with Gasteiger partial charge in [-0.1, -0.05) is 30.4 Å². The van der Waals surface area contributed by atoms with Gasteiger partial charge in [0.15, 0.2) is 5.82 Å². The van der Waals surface area contributed by atoms with E-state index in [-0.39, 0.29) is 0 Å². The number of benzene rings is 1. The molecule has 0 aliphatic rings. The molecule has 0 amide bonds. The molecular weight excluding hydrogens is 260 g/mol. The smallest absolute Gasteiger partial charge is 0.234 e. The number of fused-ring (bicyclic) bond motifs is 1. The van der Waals surface area contributed by atoms with Crippen LogP contribution in [-0.2, 0) is 6.42 Å². The van der Waals surface area contributed by atoms with E-state index in [2.05, 4.69) is 22.2 Å². The van der Waals surface area contributed by atoms with Gasteiger partial charge >= 0.3 is 0 Å². The summed E-state index contributed by atoms with van der Waals surface area (Å²) in [5.74, 6) is 1.75. The summed E-state index contributed by atoms with van der Waals surface area (Å²) in [6.07, 6.45) is 1.93. The summed E-state index contributed by atoms with van der Waals surface area (Å²) >= 11 is 1.54. The van der Waals surface area contributed by atoms with Gasteiger partial charge in [-0.25, -0.2) is 0 Å². The molecular formula is C13H14N4OS. The molecule has 19 heavy (non-hydrogen) atoms. The monoisotopic (exact) mass is 274 g/mol. The van der Waals surface area contributed by atoms with Gasteiger partial charge in [0.1, 0.15) is 10.8 Å². The first-order valence-electron chi connectivity index (χ1n) is 6.17. The van der Waals surface area contributed by atoms with E-state index < -0.39 is 0 Å². The third-order valence-electron chi connectivity index (χ3n) is 2.85. The lowest BCUT2D eigenvalue weighted by atomic mass is 10.2. The molecule has 2 aromatic heterocycles. The SMILES string of the molecule is CCCc1nnc2sc(-c3cccc(OC)c3)nn12. The van der Waals surface area contributed by atoms with Crippen LogP contribution in [-0.4, -0.2) is 26.9 Å². The topological polar surface area (TPSA) is 52.3 Å². The fraction of sp³-hybridized carbons (Fsp3) is 0.308. The van der Waals surface area contributed by atoms with Crippen molar-refractivity contribution in [1.29, 1.82) is 0 Å². The van der Waals surface area contributed by atoms with Gasteiger partial charge in [-0.15, -0.1) is 10.2 Å². The lowest BCUT2D eigenvalue weighted by Crippen LogP contribution is -1.95. The van der Waals surface area contributed by atoms with Crippen LogP contribution in [0.2, 0.25) is 0 Å². The number of nitrogens with zero attached hydrogens (tertiary/aromatic N) is 4. The van der Waals surface area contributed by atoms with Crippen molar-refractivity contribution in [3.63, 3.8) is 0 Å². The van der Waals surface area contributed by atoms with Crippen LogP contribution in [0.15, 0.2) is 24.3 Å². The van der Waals surface area contributed by atoms with Gasteiger partial charge in [0.2, 0.25) is 4.96 Å². The van der Waals surface area contributed by atoms with Crippen LogP contribution in [0, 0.1) is 0 Å². The van der Waals surface area contributed by atoms with Gasteiger partial charge in [-0.3, -0.25) is 0 Å². The van der Waals surface area contributed by atoms with Gasteiger partial charge in [0, 0.05) is 12.0 Å². The zero-order valence-corrected chi connectivity index (χ0v) is 11.6. The Labute approximate surface area is 114 Å². The molecule has 0 bridgehead atoms. The van der Waals surface area contributed by atoms with Crippen LogP contribution in [0.4, 0.5) is 0 Å².